The highest BCUT2D eigenvalue weighted by Gasteiger charge is 2.27. The van der Waals surface area contributed by atoms with Crippen LogP contribution < -0.4 is 0 Å². The fraction of sp³-hybridized carbons (Fsp3) is 0.455. The monoisotopic (exact) mass is 373 g/mol. The number of hydrogen-bond acceptors (Lipinski definition) is 2. The van der Waals surface area contributed by atoms with Crippen LogP contribution in [0.5, 0.6) is 0 Å². The molecule has 102 valence electrons. The summed E-state index contributed by atoms with van der Waals surface area (Å²) < 4.78 is 26.6. The number of hydrogen-bond donors (Lipinski definition) is 0. The van der Waals surface area contributed by atoms with Crippen LogP contribution >= 0.6 is 39.1 Å². The maximum atomic E-state index is 12.4. The van der Waals surface area contributed by atoms with E-state index >= 15 is 0 Å². The summed E-state index contributed by atoms with van der Waals surface area (Å²) >= 11 is 15.2. The van der Waals surface area contributed by atoms with Crippen LogP contribution in [0.2, 0.25) is 10.0 Å². The van der Waals surface area contributed by atoms with Crippen LogP contribution in [0.25, 0.3) is 0 Å². The molecule has 0 atom stereocenters. The Balaban J connectivity index is 3.29. The van der Waals surface area contributed by atoms with Crippen LogP contribution in [0.15, 0.2) is 21.5 Å². The first-order valence-corrected chi connectivity index (χ1v) is 8.26. The van der Waals surface area contributed by atoms with Gasteiger partial charge in [-0.3, -0.25) is 0 Å². The van der Waals surface area contributed by atoms with Crippen molar-refractivity contribution in [3.63, 3.8) is 0 Å². The molecule has 0 heterocycles. The van der Waals surface area contributed by atoms with Gasteiger partial charge in [-0.15, -0.1) is 0 Å². The predicted molar refractivity (Wildman–Crippen MR) is 78.8 cm³/mol. The van der Waals surface area contributed by atoms with Crippen molar-refractivity contribution in [2.45, 2.75) is 18.7 Å². The second-order valence-corrected chi connectivity index (χ2v) is 8.09. The minimum Gasteiger partial charge on any atom is -0.207 e. The van der Waals surface area contributed by atoms with E-state index in [0.29, 0.717) is 11.0 Å². The smallest absolute Gasteiger partial charge is 0.207 e. The molecular formula is C11H14BrCl2NO2S. The SMILES string of the molecule is CC(C)CN(C)S(=O)(=O)c1c(Cl)cc(Br)cc1Cl. The Hall–Kier alpha value is 0.190. The number of benzene rings is 1. The van der Waals surface area contributed by atoms with Crippen molar-refractivity contribution >= 4 is 49.2 Å². The first-order valence-electron chi connectivity index (χ1n) is 5.27. The molecule has 18 heavy (non-hydrogen) atoms. The van der Waals surface area contributed by atoms with E-state index in [-0.39, 0.29) is 20.9 Å². The second kappa shape index (κ2) is 6.09. The third-order valence-corrected chi connectivity index (χ3v) is 5.46. The zero-order chi connectivity index (χ0) is 14.1. The van der Waals surface area contributed by atoms with Crippen molar-refractivity contribution in [3.8, 4) is 0 Å². The molecule has 7 heteroatoms. The number of rotatable bonds is 4. The summed E-state index contributed by atoms with van der Waals surface area (Å²) in [5.74, 6) is 0.220. The number of halogens is 3. The van der Waals surface area contributed by atoms with Crippen molar-refractivity contribution < 1.29 is 8.42 Å². The Morgan fingerprint density at radius 3 is 2.11 bits per heavy atom. The van der Waals surface area contributed by atoms with Gasteiger partial charge in [0, 0.05) is 18.1 Å². The van der Waals surface area contributed by atoms with Crippen LogP contribution in [-0.2, 0) is 10.0 Å². The Morgan fingerprint density at radius 1 is 1.28 bits per heavy atom. The van der Waals surface area contributed by atoms with Gasteiger partial charge < -0.3 is 0 Å². The molecule has 0 aliphatic carbocycles. The molecular weight excluding hydrogens is 361 g/mol. The Bertz CT molecular complexity index is 523. The lowest BCUT2D eigenvalue weighted by Gasteiger charge is -2.20. The Morgan fingerprint density at radius 2 is 1.72 bits per heavy atom. The Labute approximate surface area is 126 Å². The van der Waals surface area contributed by atoms with Crippen molar-refractivity contribution in [2.24, 2.45) is 5.92 Å². The van der Waals surface area contributed by atoms with Gasteiger partial charge in [0.15, 0.2) is 0 Å². The van der Waals surface area contributed by atoms with Gasteiger partial charge in [0.25, 0.3) is 0 Å². The van der Waals surface area contributed by atoms with Crippen molar-refractivity contribution in [3.05, 3.63) is 26.7 Å². The quantitative estimate of drug-likeness (QED) is 0.797. The molecule has 0 bridgehead atoms. The fourth-order valence-corrected chi connectivity index (χ4v) is 4.75. The highest BCUT2D eigenvalue weighted by molar-refractivity contribution is 9.10. The van der Waals surface area contributed by atoms with Crippen LogP contribution in [0.4, 0.5) is 0 Å². The molecule has 1 aromatic rings. The summed E-state index contributed by atoms with van der Waals surface area (Å²) in [6.07, 6.45) is 0. The van der Waals surface area contributed by atoms with Crippen LogP contribution in [0.3, 0.4) is 0 Å². The van der Waals surface area contributed by atoms with E-state index in [2.05, 4.69) is 15.9 Å². The van der Waals surface area contributed by atoms with Crippen molar-refractivity contribution in [1.82, 2.24) is 4.31 Å². The molecule has 1 aromatic carbocycles. The highest BCUT2D eigenvalue weighted by atomic mass is 79.9. The highest BCUT2D eigenvalue weighted by Crippen LogP contribution is 2.34. The summed E-state index contributed by atoms with van der Waals surface area (Å²) in [5, 5.41) is 0.231. The van der Waals surface area contributed by atoms with E-state index < -0.39 is 10.0 Å². The average molecular weight is 375 g/mol. The third-order valence-electron chi connectivity index (χ3n) is 2.25. The normalized spacial score (nSPS) is 12.4. The maximum absolute atomic E-state index is 12.4. The first kappa shape index (κ1) is 16.2. The largest absolute Gasteiger partial charge is 0.245 e. The average Bonchev–Trinajstić information content (AvgIpc) is 2.13. The molecule has 0 unspecified atom stereocenters. The molecule has 0 N–H and O–H groups in total. The maximum Gasteiger partial charge on any atom is 0.245 e. The standard InChI is InChI=1S/C11H14BrCl2NO2S/c1-7(2)6-15(3)18(16,17)11-9(13)4-8(12)5-10(11)14/h4-5,7H,6H2,1-3H3. The summed E-state index contributed by atoms with van der Waals surface area (Å²) in [6.45, 7) is 4.29. The molecule has 1 rings (SSSR count). The molecule has 0 saturated heterocycles. The lowest BCUT2D eigenvalue weighted by atomic mass is 10.2. The molecule has 0 amide bonds. The summed E-state index contributed by atoms with van der Waals surface area (Å²) in [6, 6.07) is 3.03. The van der Waals surface area contributed by atoms with Gasteiger partial charge in [0.05, 0.1) is 10.0 Å². The van der Waals surface area contributed by atoms with E-state index in [9.17, 15) is 8.42 Å². The van der Waals surface area contributed by atoms with Crippen LogP contribution in [0.1, 0.15) is 13.8 Å². The zero-order valence-electron chi connectivity index (χ0n) is 10.2. The lowest BCUT2D eigenvalue weighted by Crippen LogP contribution is -2.30. The molecule has 0 radical (unpaired) electrons. The minimum absolute atomic E-state index is 0.0443. The number of sulfonamides is 1. The van der Waals surface area contributed by atoms with E-state index in [1.165, 1.54) is 23.5 Å². The fourth-order valence-electron chi connectivity index (χ4n) is 1.54. The number of nitrogens with zero attached hydrogens (tertiary/aromatic N) is 1. The minimum atomic E-state index is -3.66. The van der Waals surface area contributed by atoms with Gasteiger partial charge >= 0.3 is 0 Å². The molecule has 0 spiro atoms. The van der Waals surface area contributed by atoms with Crippen molar-refractivity contribution in [2.75, 3.05) is 13.6 Å². The second-order valence-electron chi connectivity index (χ2n) is 4.38. The van der Waals surface area contributed by atoms with Gasteiger partial charge in [-0.25, -0.2) is 12.7 Å². The first-order chi connectivity index (χ1) is 8.16. The molecule has 0 aliphatic heterocycles. The third kappa shape index (κ3) is 3.61. The van der Waals surface area contributed by atoms with Gasteiger partial charge in [-0.2, -0.15) is 0 Å². The van der Waals surface area contributed by atoms with Gasteiger partial charge in [0.1, 0.15) is 4.90 Å². The molecule has 0 saturated carbocycles. The van der Waals surface area contributed by atoms with Gasteiger partial charge in [-0.05, 0) is 18.1 Å². The summed E-state index contributed by atoms with van der Waals surface area (Å²) in [7, 11) is -2.15. The lowest BCUT2D eigenvalue weighted by molar-refractivity contribution is 0.417. The van der Waals surface area contributed by atoms with Crippen LogP contribution in [0, 0.1) is 5.92 Å². The van der Waals surface area contributed by atoms with E-state index in [1.807, 2.05) is 13.8 Å². The zero-order valence-corrected chi connectivity index (χ0v) is 14.2. The summed E-state index contributed by atoms with van der Waals surface area (Å²) in [4.78, 5) is -0.0443. The molecule has 3 nitrogen and oxygen atoms in total. The van der Waals surface area contributed by atoms with E-state index in [4.69, 9.17) is 23.2 Å². The van der Waals surface area contributed by atoms with Gasteiger partial charge in [-0.1, -0.05) is 53.0 Å². The topological polar surface area (TPSA) is 37.4 Å². The predicted octanol–water partition coefficient (Wildman–Crippen LogP) is 4.03. The van der Waals surface area contributed by atoms with Gasteiger partial charge in [0.2, 0.25) is 10.0 Å². The van der Waals surface area contributed by atoms with Crippen molar-refractivity contribution in [1.29, 1.82) is 0 Å². The molecule has 0 aliphatic rings. The van der Waals surface area contributed by atoms with E-state index in [0.717, 1.165) is 0 Å². The van der Waals surface area contributed by atoms with Crippen LogP contribution in [-0.4, -0.2) is 26.3 Å². The molecule has 0 fully saturated rings. The molecule has 0 aromatic heterocycles. The summed E-state index contributed by atoms with van der Waals surface area (Å²) in [5.41, 5.74) is 0. The Kier molecular flexibility index (Phi) is 5.50. The van der Waals surface area contributed by atoms with E-state index in [1.54, 1.807) is 0 Å².